The van der Waals surface area contributed by atoms with E-state index in [0.29, 0.717) is 11.8 Å². The number of aromatic nitrogens is 4. The lowest BCUT2D eigenvalue weighted by Crippen LogP contribution is -2.14. The van der Waals surface area contributed by atoms with Gasteiger partial charge in [0.15, 0.2) is 5.82 Å². The molecule has 1 N–H and O–H groups in total. The van der Waals surface area contributed by atoms with Crippen LogP contribution < -0.4 is 10.2 Å². The number of anilines is 2. The zero-order valence-electron chi connectivity index (χ0n) is 18.6. The molecule has 6 heteroatoms. The largest absolute Gasteiger partial charge is 0.359 e. The summed E-state index contributed by atoms with van der Waals surface area (Å²) in [6.07, 6.45) is 3.53. The second-order valence-electron chi connectivity index (χ2n) is 7.98. The van der Waals surface area contributed by atoms with Crippen LogP contribution in [0.5, 0.6) is 0 Å². The molecule has 0 amide bonds. The molecular formula is C27H24N6. The zero-order valence-corrected chi connectivity index (χ0v) is 18.6. The van der Waals surface area contributed by atoms with Gasteiger partial charge in [-0.1, -0.05) is 72.8 Å². The number of nitrogens with one attached hydrogen (secondary N) is 1. The summed E-state index contributed by atoms with van der Waals surface area (Å²) in [6.45, 7) is 0. The Kier molecular flexibility index (Phi) is 5.64. The van der Waals surface area contributed by atoms with Crippen LogP contribution in [0.25, 0.3) is 22.3 Å². The zero-order chi connectivity index (χ0) is 22.6. The van der Waals surface area contributed by atoms with E-state index in [0.717, 1.165) is 33.4 Å². The summed E-state index contributed by atoms with van der Waals surface area (Å²) in [6, 6.07) is 28.8. The molecule has 33 heavy (non-hydrogen) atoms. The third kappa shape index (κ3) is 4.36. The number of para-hydroxylation sites is 1. The first kappa shape index (κ1) is 20.6. The first-order chi connectivity index (χ1) is 16.2. The van der Waals surface area contributed by atoms with E-state index in [4.69, 9.17) is 9.97 Å². The maximum absolute atomic E-state index is 4.92. The molecule has 3 aromatic carbocycles. The highest BCUT2D eigenvalue weighted by Crippen LogP contribution is 2.31. The fourth-order valence-electron chi connectivity index (χ4n) is 3.77. The van der Waals surface area contributed by atoms with Crippen LogP contribution in [0, 0.1) is 0 Å². The lowest BCUT2D eigenvalue weighted by Gasteiger charge is -2.22. The predicted octanol–water partition coefficient (Wildman–Crippen LogP) is 5.35. The van der Waals surface area contributed by atoms with Crippen LogP contribution in [0.2, 0.25) is 0 Å². The van der Waals surface area contributed by atoms with Crippen LogP contribution in [0.4, 0.5) is 11.8 Å². The maximum atomic E-state index is 4.92. The molecule has 162 valence electrons. The van der Waals surface area contributed by atoms with E-state index < -0.39 is 0 Å². The number of rotatable bonds is 6. The maximum Gasteiger partial charge on any atom is 0.224 e. The fraction of sp³-hybridized carbons (Fsp3) is 0.111. The summed E-state index contributed by atoms with van der Waals surface area (Å²) in [7, 11) is 3.83. The summed E-state index contributed by atoms with van der Waals surface area (Å²) in [5, 5.41) is 4.66. The molecule has 0 bridgehead atoms. The van der Waals surface area contributed by atoms with Crippen molar-refractivity contribution >= 4 is 22.7 Å². The van der Waals surface area contributed by atoms with Gasteiger partial charge in [0.2, 0.25) is 5.95 Å². The van der Waals surface area contributed by atoms with Gasteiger partial charge in [-0.05, 0) is 23.3 Å². The van der Waals surface area contributed by atoms with Gasteiger partial charge >= 0.3 is 0 Å². The van der Waals surface area contributed by atoms with Crippen LogP contribution in [-0.4, -0.2) is 34.0 Å². The Morgan fingerprint density at radius 2 is 1.27 bits per heavy atom. The summed E-state index contributed by atoms with van der Waals surface area (Å²) < 4.78 is 0. The molecule has 0 aliphatic heterocycles. The molecule has 0 radical (unpaired) electrons. The minimum atomic E-state index is -0.0640. The standard InChI is InChI=1S/C27H24N6/c1-33(2)27-28-17-21(18-29-27)25-30-23-16-10-9-15-22(23)26(32-25)31-24(19-11-5-3-6-12-19)20-13-7-4-8-14-20/h3-18,24H,1-2H3,(H,30,31,32). The second-order valence-corrected chi connectivity index (χ2v) is 7.98. The summed E-state index contributed by atoms with van der Waals surface area (Å²) in [4.78, 5) is 20.4. The molecule has 5 aromatic rings. The van der Waals surface area contributed by atoms with E-state index >= 15 is 0 Å². The SMILES string of the molecule is CN(C)c1ncc(-c2nc(NC(c3ccccc3)c3ccccc3)c3ccccc3n2)cn1. The van der Waals surface area contributed by atoms with Gasteiger partial charge in [0.1, 0.15) is 5.82 Å². The lowest BCUT2D eigenvalue weighted by atomic mass is 9.98. The Bertz CT molecular complexity index is 1310. The Balaban J connectivity index is 1.62. The average molecular weight is 433 g/mol. The Labute approximate surface area is 193 Å². The highest BCUT2D eigenvalue weighted by molar-refractivity contribution is 5.90. The monoisotopic (exact) mass is 432 g/mol. The molecule has 0 fully saturated rings. The van der Waals surface area contributed by atoms with Crippen molar-refractivity contribution in [3.05, 3.63) is 108 Å². The molecule has 0 atom stereocenters. The van der Waals surface area contributed by atoms with Crippen molar-refractivity contribution in [1.82, 2.24) is 19.9 Å². The van der Waals surface area contributed by atoms with Crippen LogP contribution >= 0.6 is 0 Å². The number of hydrogen-bond donors (Lipinski definition) is 1. The minimum absolute atomic E-state index is 0.0640. The van der Waals surface area contributed by atoms with Gasteiger partial charge < -0.3 is 10.2 Å². The van der Waals surface area contributed by atoms with Gasteiger partial charge in [-0.3, -0.25) is 0 Å². The summed E-state index contributed by atoms with van der Waals surface area (Å²) >= 11 is 0. The van der Waals surface area contributed by atoms with Crippen molar-refractivity contribution in [2.24, 2.45) is 0 Å². The summed E-state index contributed by atoms with van der Waals surface area (Å²) in [5.41, 5.74) is 3.95. The number of hydrogen-bond acceptors (Lipinski definition) is 6. The van der Waals surface area contributed by atoms with E-state index in [-0.39, 0.29) is 6.04 Å². The molecule has 0 aliphatic carbocycles. The first-order valence-electron chi connectivity index (χ1n) is 10.8. The Morgan fingerprint density at radius 3 is 1.88 bits per heavy atom. The quantitative estimate of drug-likeness (QED) is 0.390. The van der Waals surface area contributed by atoms with Gasteiger partial charge in [0.05, 0.1) is 17.1 Å². The van der Waals surface area contributed by atoms with Crippen LogP contribution in [0.1, 0.15) is 17.2 Å². The average Bonchev–Trinajstić information content (AvgIpc) is 2.88. The Morgan fingerprint density at radius 1 is 0.697 bits per heavy atom. The van der Waals surface area contributed by atoms with Crippen LogP contribution in [0.15, 0.2) is 97.3 Å². The molecule has 5 rings (SSSR count). The smallest absolute Gasteiger partial charge is 0.224 e. The van der Waals surface area contributed by atoms with Crippen molar-refractivity contribution in [2.75, 3.05) is 24.3 Å². The number of fused-ring (bicyclic) bond motifs is 1. The van der Waals surface area contributed by atoms with Gasteiger partial charge in [-0.25, -0.2) is 19.9 Å². The Hall–Kier alpha value is -4.32. The number of nitrogens with zero attached hydrogens (tertiary/aromatic N) is 5. The minimum Gasteiger partial charge on any atom is -0.359 e. The van der Waals surface area contributed by atoms with Crippen molar-refractivity contribution in [2.45, 2.75) is 6.04 Å². The predicted molar refractivity (Wildman–Crippen MR) is 133 cm³/mol. The fourth-order valence-corrected chi connectivity index (χ4v) is 3.77. The highest BCUT2D eigenvalue weighted by atomic mass is 15.2. The van der Waals surface area contributed by atoms with E-state index in [1.807, 2.05) is 55.4 Å². The normalized spacial score (nSPS) is 11.0. The van der Waals surface area contributed by atoms with E-state index in [1.54, 1.807) is 12.4 Å². The molecule has 0 saturated heterocycles. The van der Waals surface area contributed by atoms with E-state index in [2.05, 4.69) is 63.8 Å². The highest BCUT2D eigenvalue weighted by Gasteiger charge is 2.17. The molecule has 2 heterocycles. The first-order valence-corrected chi connectivity index (χ1v) is 10.8. The van der Waals surface area contributed by atoms with Crippen molar-refractivity contribution in [1.29, 1.82) is 0 Å². The molecule has 0 aliphatic rings. The van der Waals surface area contributed by atoms with E-state index in [9.17, 15) is 0 Å². The molecule has 6 nitrogen and oxygen atoms in total. The number of benzene rings is 3. The van der Waals surface area contributed by atoms with Crippen molar-refractivity contribution in [3.8, 4) is 11.4 Å². The van der Waals surface area contributed by atoms with E-state index in [1.165, 1.54) is 0 Å². The van der Waals surface area contributed by atoms with Crippen LogP contribution in [0.3, 0.4) is 0 Å². The molecule has 0 spiro atoms. The molecule has 0 saturated carbocycles. The van der Waals surface area contributed by atoms with Crippen molar-refractivity contribution in [3.63, 3.8) is 0 Å². The van der Waals surface area contributed by atoms with Crippen molar-refractivity contribution < 1.29 is 0 Å². The van der Waals surface area contributed by atoms with Gasteiger partial charge in [0, 0.05) is 31.9 Å². The third-order valence-electron chi connectivity index (χ3n) is 5.45. The molecular weight excluding hydrogens is 408 g/mol. The summed E-state index contributed by atoms with van der Waals surface area (Å²) in [5.74, 6) is 2.00. The molecule has 2 aromatic heterocycles. The molecule has 0 unspecified atom stereocenters. The van der Waals surface area contributed by atoms with Gasteiger partial charge in [0.25, 0.3) is 0 Å². The topological polar surface area (TPSA) is 66.8 Å². The van der Waals surface area contributed by atoms with Gasteiger partial charge in [-0.15, -0.1) is 0 Å². The third-order valence-corrected chi connectivity index (χ3v) is 5.45. The second kappa shape index (κ2) is 9.04. The van der Waals surface area contributed by atoms with Crippen LogP contribution in [-0.2, 0) is 0 Å². The lowest BCUT2D eigenvalue weighted by molar-refractivity contribution is 0.928. The van der Waals surface area contributed by atoms with Gasteiger partial charge in [-0.2, -0.15) is 0 Å².